The van der Waals surface area contributed by atoms with Crippen LogP contribution < -0.4 is 20.3 Å². The van der Waals surface area contributed by atoms with Crippen LogP contribution in [-0.2, 0) is 9.59 Å². The Bertz CT molecular complexity index is 922. The van der Waals surface area contributed by atoms with Gasteiger partial charge in [-0.25, -0.2) is 0 Å². The van der Waals surface area contributed by atoms with E-state index < -0.39 is 6.04 Å². The summed E-state index contributed by atoms with van der Waals surface area (Å²) in [5, 5.41) is 5.68. The van der Waals surface area contributed by atoms with E-state index >= 15 is 0 Å². The number of anilines is 1. The Balaban J connectivity index is 1.37. The summed E-state index contributed by atoms with van der Waals surface area (Å²) in [5.41, 5.74) is 2.13. The highest BCUT2D eigenvalue weighted by atomic mass is 16.5. The molecule has 0 aromatic heterocycles. The van der Waals surface area contributed by atoms with Crippen molar-refractivity contribution in [1.29, 1.82) is 0 Å². The molecule has 176 valence electrons. The van der Waals surface area contributed by atoms with E-state index in [1.54, 1.807) is 20.1 Å². The summed E-state index contributed by atoms with van der Waals surface area (Å²) in [6.07, 6.45) is 3.14. The first-order valence-corrected chi connectivity index (χ1v) is 11.4. The van der Waals surface area contributed by atoms with Gasteiger partial charge in [-0.2, -0.15) is 0 Å². The van der Waals surface area contributed by atoms with Gasteiger partial charge in [0.25, 0.3) is 0 Å². The van der Waals surface area contributed by atoms with Crippen LogP contribution in [0.2, 0.25) is 0 Å². The quantitative estimate of drug-likeness (QED) is 0.575. The van der Waals surface area contributed by atoms with Gasteiger partial charge in [0.05, 0.1) is 7.11 Å². The van der Waals surface area contributed by atoms with Crippen LogP contribution in [0.3, 0.4) is 0 Å². The summed E-state index contributed by atoms with van der Waals surface area (Å²) in [6, 6.07) is 17.4. The highest BCUT2D eigenvalue weighted by Gasteiger charge is 2.22. The minimum atomic E-state index is -0.611. The van der Waals surface area contributed by atoms with Gasteiger partial charge in [-0.15, -0.1) is 0 Å². The largest absolute Gasteiger partial charge is 0.497 e. The van der Waals surface area contributed by atoms with E-state index in [4.69, 9.17) is 4.74 Å². The van der Waals surface area contributed by atoms with Crippen LogP contribution in [0.4, 0.5) is 5.69 Å². The van der Waals surface area contributed by atoms with Crippen molar-refractivity contribution in [1.82, 2.24) is 15.5 Å². The molecule has 1 aliphatic rings. The number of nitrogens with zero attached hydrogens (tertiary/aromatic N) is 2. The van der Waals surface area contributed by atoms with Crippen molar-refractivity contribution in [2.75, 3.05) is 44.7 Å². The average molecular weight is 451 g/mol. The molecule has 2 aromatic rings. The van der Waals surface area contributed by atoms with Crippen LogP contribution in [0, 0.1) is 0 Å². The molecule has 2 amide bonds. The highest BCUT2D eigenvalue weighted by Crippen LogP contribution is 2.16. The van der Waals surface area contributed by atoms with E-state index in [0.717, 1.165) is 37.5 Å². The van der Waals surface area contributed by atoms with Gasteiger partial charge in [-0.05, 0) is 49.8 Å². The number of nitrogens with one attached hydrogen (secondary N) is 2. The fraction of sp³-hybridized carbons (Fsp3) is 0.385. The van der Waals surface area contributed by atoms with Crippen molar-refractivity contribution in [2.45, 2.75) is 25.9 Å². The summed E-state index contributed by atoms with van der Waals surface area (Å²) >= 11 is 0. The Morgan fingerprint density at radius 3 is 2.30 bits per heavy atom. The molecular formula is C26H34N4O3. The van der Waals surface area contributed by atoms with E-state index in [1.807, 2.05) is 30.3 Å². The number of hydrogen-bond donors (Lipinski definition) is 2. The second-order valence-corrected chi connectivity index (χ2v) is 8.29. The van der Waals surface area contributed by atoms with Gasteiger partial charge in [-0.3, -0.25) is 14.5 Å². The lowest BCUT2D eigenvalue weighted by atomic mass is 10.2. The molecule has 3 rings (SSSR count). The minimum absolute atomic E-state index is 0.184. The molecule has 0 radical (unpaired) electrons. The number of amides is 2. The van der Waals surface area contributed by atoms with Crippen LogP contribution in [0.1, 0.15) is 19.4 Å². The molecule has 2 N–H and O–H groups in total. The van der Waals surface area contributed by atoms with Crippen molar-refractivity contribution in [2.24, 2.45) is 0 Å². The zero-order chi connectivity index (χ0) is 23.6. The summed E-state index contributed by atoms with van der Waals surface area (Å²) in [5.74, 6) is 0.267. The summed E-state index contributed by atoms with van der Waals surface area (Å²) in [4.78, 5) is 29.4. The summed E-state index contributed by atoms with van der Waals surface area (Å²) in [6.45, 7) is 8.20. The summed E-state index contributed by atoms with van der Waals surface area (Å²) in [7, 11) is 1.61. The lowest BCUT2D eigenvalue weighted by Crippen LogP contribution is -2.53. The maximum absolute atomic E-state index is 12.5. The van der Waals surface area contributed by atoms with Crippen molar-refractivity contribution in [3.8, 4) is 5.75 Å². The third kappa shape index (κ3) is 7.36. The van der Waals surface area contributed by atoms with Crippen LogP contribution in [-0.4, -0.2) is 68.6 Å². The van der Waals surface area contributed by atoms with Gasteiger partial charge in [0.15, 0.2) is 0 Å². The van der Waals surface area contributed by atoms with E-state index in [0.29, 0.717) is 6.54 Å². The van der Waals surface area contributed by atoms with E-state index in [1.165, 1.54) is 11.8 Å². The highest BCUT2D eigenvalue weighted by molar-refractivity contribution is 5.95. The Morgan fingerprint density at radius 1 is 1.00 bits per heavy atom. The fourth-order valence-electron chi connectivity index (χ4n) is 3.80. The predicted molar refractivity (Wildman–Crippen MR) is 132 cm³/mol. The second kappa shape index (κ2) is 12.1. The number of carbonyl (C=O) groups is 2. The lowest BCUT2D eigenvalue weighted by molar-refractivity contribution is -0.126. The number of methoxy groups -OCH3 is 1. The normalized spacial score (nSPS) is 16.3. The van der Waals surface area contributed by atoms with Crippen LogP contribution in [0.15, 0.2) is 60.7 Å². The first-order valence-electron chi connectivity index (χ1n) is 11.4. The molecule has 1 heterocycles. The third-order valence-electron chi connectivity index (χ3n) is 5.93. The van der Waals surface area contributed by atoms with E-state index in [2.05, 4.69) is 51.6 Å². The number of para-hydroxylation sites is 1. The average Bonchev–Trinajstić information content (AvgIpc) is 2.86. The Kier molecular flexibility index (Phi) is 8.89. The number of benzene rings is 2. The van der Waals surface area contributed by atoms with Crippen molar-refractivity contribution < 1.29 is 14.3 Å². The monoisotopic (exact) mass is 450 g/mol. The van der Waals surface area contributed by atoms with Crippen molar-refractivity contribution in [3.63, 3.8) is 0 Å². The zero-order valence-corrected chi connectivity index (χ0v) is 19.7. The number of piperazine rings is 1. The molecule has 2 unspecified atom stereocenters. The maximum Gasteiger partial charge on any atom is 0.244 e. The zero-order valence-electron chi connectivity index (χ0n) is 19.7. The molecule has 0 aliphatic carbocycles. The number of carbonyl (C=O) groups excluding carboxylic acids is 2. The van der Waals surface area contributed by atoms with Crippen LogP contribution in [0.25, 0.3) is 6.08 Å². The molecule has 0 bridgehead atoms. The Labute approximate surface area is 196 Å². The van der Waals surface area contributed by atoms with Crippen molar-refractivity contribution in [3.05, 3.63) is 66.2 Å². The molecule has 7 heteroatoms. The molecule has 1 aliphatic heterocycles. The standard InChI is InChI=1S/C26H34N4O3/c1-20(29-15-17-30(18-16-29)23-7-5-4-6-8-23)19-27-26(32)21(2)28-25(31)14-11-22-9-12-24(33-3)13-10-22/h4-14,20-21H,15-19H2,1-3H3,(H,27,32)(H,28,31)/b14-11+. The first kappa shape index (κ1) is 24.3. The van der Waals surface area contributed by atoms with Gasteiger partial charge >= 0.3 is 0 Å². The molecular weight excluding hydrogens is 416 g/mol. The smallest absolute Gasteiger partial charge is 0.244 e. The van der Waals surface area contributed by atoms with Gasteiger partial charge in [0.1, 0.15) is 11.8 Å². The topological polar surface area (TPSA) is 73.9 Å². The molecule has 2 atom stereocenters. The third-order valence-corrected chi connectivity index (χ3v) is 5.93. The molecule has 0 saturated carbocycles. The SMILES string of the molecule is COc1ccc(/C=C/C(=O)NC(C)C(=O)NCC(C)N2CCN(c3ccccc3)CC2)cc1. The molecule has 33 heavy (non-hydrogen) atoms. The van der Waals surface area contributed by atoms with Gasteiger partial charge in [-0.1, -0.05) is 30.3 Å². The van der Waals surface area contributed by atoms with E-state index in [9.17, 15) is 9.59 Å². The Morgan fingerprint density at radius 2 is 1.67 bits per heavy atom. The van der Waals surface area contributed by atoms with Crippen LogP contribution in [0.5, 0.6) is 5.75 Å². The first-order chi connectivity index (χ1) is 16.0. The summed E-state index contributed by atoms with van der Waals surface area (Å²) < 4.78 is 5.12. The predicted octanol–water partition coefficient (Wildman–Crippen LogP) is 2.54. The fourth-order valence-corrected chi connectivity index (χ4v) is 3.80. The Hall–Kier alpha value is -3.32. The van der Waals surface area contributed by atoms with Crippen LogP contribution >= 0.6 is 0 Å². The molecule has 7 nitrogen and oxygen atoms in total. The molecule has 0 spiro atoms. The van der Waals surface area contributed by atoms with Gasteiger partial charge < -0.3 is 20.3 Å². The molecule has 2 aromatic carbocycles. The van der Waals surface area contributed by atoms with Gasteiger partial charge in [0.2, 0.25) is 11.8 Å². The number of hydrogen-bond acceptors (Lipinski definition) is 5. The second-order valence-electron chi connectivity index (χ2n) is 8.29. The van der Waals surface area contributed by atoms with Crippen molar-refractivity contribution >= 4 is 23.6 Å². The molecule has 1 saturated heterocycles. The minimum Gasteiger partial charge on any atom is -0.497 e. The maximum atomic E-state index is 12.5. The number of rotatable bonds is 9. The van der Waals surface area contributed by atoms with Gasteiger partial charge in [0, 0.05) is 50.5 Å². The lowest BCUT2D eigenvalue weighted by Gasteiger charge is -2.39. The molecule has 1 fully saturated rings. The number of ether oxygens (including phenoxy) is 1. The van der Waals surface area contributed by atoms with E-state index in [-0.39, 0.29) is 17.9 Å².